The van der Waals surface area contributed by atoms with E-state index in [1.54, 1.807) is 12.1 Å². The minimum Gasteiger partial charge on any atom is -0.465 e. The Balaban J connectivity index is 2.23. The number of likely N-dealkylation sites (tertiary alicyclic amines) is 1. The van der Waals surface area contributed by atoms with E-state index in [4.69, 9.17) is 21.9 Å². The van der Waals surface area contributed by atoms with Crippen molar-refractivity contribution in [2.45, 2.75) is 18.9 Å². The van der Waals surface area contributed by atoms with E-state index in [1.165, 1.54) is 11.0 Å². The second-order valence-electron chi connectivity index (χ2n) is 5.52. The van der Waals surface area contributed by atoms with Gasteiger partial charge in [0.1, 0.15) is 5.82 Å². The third-order valence-electron chi connectivity index (χ3n) is 4.00. The van der Waals surface area contributed by atoms with Crippen LogP contribution < -0.4 is 0 Å². The van der Waals surface area contributed by atoms with Crippen LogP contribution >= 0.6 is 11.6 Å². The minimum atomic E-state index is -1.00. The standard InChI is InChI=1S/C15H18ClFN4O3/c16-12-5-1-4-11(13(12)17)14(24-8-6-19-20-18)10-3-2-7-21(9-10)15(22)23/h1,4-5,10,14H,2-3,6-9H2,(H,22,23). The Morgan fingerprint density at radius 3 is 3.12 bits per heavy atom. The highest BCUT2D eigenvalue weighted by Crippen LogP contribution is 2.35. The topological polar surface area (TPSA) is 98.5 Å². The Morgan fingerprint density at radius 1 is 1.62 bits per heavy atom. The summed E-state index contributed by atoms with van der Waals surface area (Å²) in [6.07, 6.45) is -0.268. The molecule has 1 N–H and O–H groups in total. The molecule has 1 fully saturated rings. The summed E-state index contributed by atoms with van der Waals surface area (Å²) in [7, 11) is 0. The lowest BCUT2D eigenvalue weighted by molar-refractivity contribution is -0.0116. The van der Waals surface area contributed by atoms with E-state index in [2.05, 4.69) is 10.0 Å². The Morgan fingerprint density at radius 2 is 2.42 bits per heavy atom. The highest BCUT2D eigenvalue weighted by molar-refractivity contribution is 6.30. The van der Waals surface area contributed by atoms with E-state index in [0.717, 1.165) is 0 Å². The number of nitrogens with zero attached hydrogens (tertiary/aromatic N) is 4. The molecule has 1 aliphatic heterocycles. The van der Waals surface area contributed by atoms with Gasteiger partial charge in [-0.25, -0.2) is 9.18 Å². The number of carboxylic acid groups (broad SMARTS) is 1. The van der Waals surface area contributed by atoms with Crippen LogP contribution in [0.1, 0.15) is 24.5 Å². The SMILES string of the molecule is [N-]=[N+]=NCCOC(c1cccc(Cl)c1F)C1CCCN(C(=O)O)C1. The fourth-order valence-electron chi connectivity index (χ4n) is 2.92. The predicted octanol–water partition coefficient (Wildman–Crippen LogP) is 4.24. The fourth-order valence-corrected chi connectivity index (χ4v) is 3.10. The van der Waals surface area contributed by atoms with Gasteiger partial charge in [0, 0.05) is 36.0 Å². The second-order valence-corrected chi connectivity index (χ2v) is 5.93. The van der Waals surface area contributed by atoms with Crippen molar-refractivity contribution in [2.24, 2.45) is 11.0 Å². The maximum atomic E-state index is 14.4. The van der Waals surface area contributed by atoms with Gasteiger partial charge in [0.05, 0.1) is 17.7 Å². The molecule has 0 bridgehead atoms. The predicted molar refractivity (Wildman–Crippen MR) is 86.4 cm³/mol. The first-order chi connectivity index (χ1) is 11.5. The first-order valence-corrected chi connectivity index (χ1v) is 7.96. The van der Waals surface area contributed by atoms with Gasteiger partial charge in [-0.3, -0.25) is 0 Å². The Bertz CT molecular complexity index is 639. The molecule has 2 atom stereocenters. The minimum absolute atomic E-state index is 0.0120. The molecule has 0 spiro atoms. The number of azide groups is 1. The van der Waals surface area contributed by atoms with Crippen molar-refractivity contribution in [3.05, 3.63) is 45.0 Å². The van der Waals surface area contributed by atoms with Crippen molar-refractivity contribution in [3.8, 4) is 0 Å². The monoisotopic (exact) mass is 356 g/mol. The molecule has 2 unspecified atom stereocenters. The summed E-state index contributed by atoms with van der Waals surface area (Å²) in [4.78, 5) is 15.2. The summed E-state index contributed by atoms with van der Waals surface area (Å²) >= 11 is 5.86. The summed E-state index contributed by atoms with van der Waals surface area (Å²) < 4.78 is 20.2. The van der Waals surface area contributed by atoms with Crippen LogP contribution in [-0.2, 0) is 4.74 Å². The molecule has 7 nitrogen and oxygen atoms in total. The van der Waals surface area contributed by atoms with Crippen molar-refractivity contribution in [2.75, 3.05) is 26.2 Å². The van der Waals surface area contributed by atoms with Gasteiger partial charge in [-0.15, -0.1) is 0 Å². The first-order valence-electron chi connectivity index (χ1n) is 7.58. The Labute approximate surface area is 143 Å². The van der Waals surface area contributed by atoms with Crippen molar-refractivity contribution in [1.82, 2.24) is 4.90 Å². The molecule has 0 saturated carbocycles. The summed E-state index contributed by atoms with van der Waals surface area (Å²) in [6.45, 7) is 0.942. The molecule has 24 heavy (non-hydrogen) atoms. The van der Waals surface area contributed by atoms with Gasteiger partial charge in [-0.05, 0) is 24.4 Å². The molecule has 1 aromatic rings. The van der Waals surface area contributed by atoms with Crippen molar-refractivity contribution < 1.29 is 19.0 Å². The molecule has 9 heteroatoms. The Kier molecular flexibility index (Phi) is 6.66. The normalized spacial score (nSPS) is 18.8. The molecular formula is C15H18ClFN4O3. The van der Waals surface area contributed by atoms with Gasteiger partial charge in [0.25, 0.3) is 0 Å². The lowest BCUT2D eigenvalue weighted by atomic mass is 9.88. The number of carbonyl (C=O) groups is 1. The van der Waals surface area contributed by atoms with Crippen LogP contribution in [0.4, 0.5) is 9.18 Å². The summed E-state index contributed by atoms with van der Waals surface area (Å²) in [6, 6.07) is 4.66. The van der Waals surface area contributed by atoms with E-state index in [0.29, 0.717) is 24.9 Å². The molecule has 0 radical (unpaired) electrons. The quantitative estimate of drug-likeness (QED) is 0.357. The lowest BCUT2D eigenvalue weighted by Crippen LogP contribution is -2.41. The average molecular weight is 357 g/mol. The zero-order chi connectivity index (χ0) is 17.5. The van der Waals surface area contributed by atoms with Crippen LogP contribution in [0.2, 0.25) is 5.02 Å². The average Bonchev–Trinajstić information content (AvgIpc) is 2.58. The third-order valence-corrected chi connectivity index (χ3v) is 4.29. The molecule has 0 aliphatic carbocycles. The zero-order valence-corrected chi connectivity index (χ0v) is 13.7. The molecular weight excluding hydrogens is 339 g/mol. The van der Waals surface area contributed by atoms with Crippen LogP contribution in [0.15, 0.2) is 23.3 Å². The fraction of sp³-hybridized carbons (Fsp3) is 0.533. The number of rotatable bonds is 6. The molecule has 1 aliphatic rings. The van der Waals surface area contributed by atoms with E-state index in [9.17, 15) is 14.3 Å². The summed E-state index contributed by atoms with van der Waals surface area (Å²) in [5.41, 5.74) is 8.62. The maximum absolute atomic E-state index is 14.4. The van der Waals surface area contributed by atoms with E-state index in [1.807, 2.05) is 0 Å². The third kappa shape index (κ3) is 4.50. The number of hydrogen-bond donors (Lipinski definition) is 1. The maximum Gasteiger partial charge on any atom is 0.407 e. The number of ether oxygens (including phenoxy) is 1. The van der Waals surface area contributed by atoms with Crippen molar-refractivity contribution in [3.63, 3.8) is 0 Å². The highest BCUT2D eigenvalue weighted by Gasteiger charge is 2.32. The second kappa shape index (κ2) is 8.73. The van der Waals surface area contributed by atoms with Gasteiger partial charge >= 0.3 is 6.09 Å². The van der Waals surface area contributed by atoms with Gasteiger partial charge in [-0.1, -0.05) is 28.8 Å². The Hall–Kier alpha value is -2.02. The van der Waals surface area contributed by atoms with E-state index in [-0.39, 0.29) is 30.6 Å². The first kappa shape index (κ1) is 18.3. The van der Waals surface area contributed by atoms with Crippen LogP contribution in [0.3, 0.4) is 0 Å². The number of halogens is 2. The number of piperidine rings is 1. The van der Waals surface area contributed by atoms with E-state index < -0.39 is 18.0 Å². The van der Waals surface area contributed by atoms with Crippen molar-refractivity contribution in [1.29, 1.82) is 0 Å². The molecule has 1 saturated heterocycles. The van der Waals surface area contributed by atoms with Crippen LogP contribution in [0.5, 0.6) is 0 Å². The number of amides is 1. The van der Waals surface area contributed by atoms with Gasteiger partial charge in [0.15, 0.2) is 0 Å². The van der Waals surface area contributed by atoms with E-state index >= 15 is 0 Å². The molecule has 2 rings (SSSR count). The molecule has 1 aromatic carbocycles. The van der Waals surface area contributed by atoms with Gasteiger partial charge in [0.2, 0.25) is 0 Å². The van der Waals surface area contributed by atoms with Crippen LogP contribution in [-0.4, -0.2) is 42.3 Å². The zero-order valence-electron chi connectivity index (χ0n) is 12.9. The highest BCUT2D eigenvalue weighted by atomic mass is 35.5. The largest absolute Gasteiger partial charge is 0.465 e. The molecule has 0 aromatic heterocycles. The lowest BCUT2D eigenvalue weighted by Gasteiger charge is -2.35. The van der Waals surface area contributed by atoms with Gasteiger partial charge in [-0.2, -0.15) is 0 Å². The van der Waals surface area contributed by atoms with Gasteiger partial charge < -0.3 is 14.7 Å². The smallest absolute Gasteiger partial charge is 0.407 e. The number of hydrogen-bond acceptors (Lipinski definition) is 3. The molecule has 1 amide bonds. The summed E-state index contributed by atoms with van der Waals surface area (Å²) in [5, 5.41) is 12.6. The number of benzene rings is 1. The molecule has 130 valence electrons. The van der Waals surface area contributed by atoms with Crippen molar-refractivity contribution >= 4 is 17.7 Å². The van der Waals surface area contributed by atoms with Crippen LogP contribution in [0, 0.1) is 11.7 Å². The van der Waals surface area contributed by atoms with Crippen LogP contribution in [0.25, 0.3) is 10.4 Å². The summed E-state index contributed by atoms with van der Waals surface area (Å²) in [5.74, 6) is -0.769. The molecule has 1 heterocycles.